The van der Waals surface area contributed by atoms with Gasteiger partial charge >= 0.3 is 6.09 Å². The lowest BCUT2D eigenvalue weighted by Crippen LogP contribution is -2.44. The lowest BCUT2D eigenvalue weighted by molar-refractivity contribution is -0.122. The number of nitrogens with one attached hydrogen (secondary N) is 2. The molecule has 2 N–H and O–H groups in total. The number of hydrogen-bond donors (Lipinski definition) is 2. The molecule has 0 aliphatic carbocycles. The smallest absolute Gasteiger partial charge is 0.408 e. The van der Waals surface area contributed by atoms with Gasteiger partial charge in [-0.05, 0) is 36.7 Å². The maximum atomic E-state index is 12.4. The average molecular weight is 398 g/mol. The van der Waals surface area contributed by atoms with Crippen molar-refractivity contribution in [1.29, 1.82) is 0 Å². The molecule has 0 radical (unpaired) electrons. The van der Waals surface area contributed by atoms with Crippen LogP contribution in [0.15, 0.2) is 54.6 Å². The average Bonchev–Trinajstić information content (AvgIpc) is 2.75. The summed E-state index contributed by atoms with van der Waals surface area (Å²) in [5.74, 6) is -0.251. The van der Waals surface area contributed by atoms with Crippen molar-refractivity contribution in [2.75, 3.05) is 13.1 Å². The van der Waals surface area contributed by atoms with E-state index in [4.69, 9.17) is 4.74 Å². The van der Waals surface area contributed by atoms with Crippen molar-refractivity contribution in [3.05, 3.63) is 71.3 Å². The minimum Gasteiger partial charge on any atom is -0.445 e. The SMILES string of the molecule is CCN(CC)Cc1ccccc1CNC(=O)[C@H](C)NC(=O)OCc1ccccc1. The number of rotatable bonds is 10. The van der Waals surface area contributed by atoms with E-state index in [1.165, 1.54) is 5.56 Å². The molecule has 0 saturated carbocycles. The molecule has 0 unspecified atom stereocenters. The van der Waals surface area contributed by atoms with Gasteiger partial charge in [0.2, 0.25) is 5.91 Å². The third-order valence-corrected chi connectivity index (χ3v) is 4.80. The van der Waals surface area contributed by atoms with Crippen molar-refractivity contribution in [3.8, 4) is 0 Å². The van der Waals surface area contributed by atoms with Crippen molar-refractivity contribution >= 4 is 12.0 Å². The van der Waals surface area contributed by atoms with Gasteiger partial charge in [-0.3, -0.25) is 9.69 Å². The second-order valence-corrected chi connectivity index (χ2v) is 6.88. The van der Waals surface area contributed by atoms with E-state index in [9.17, 15) is 9.59 Å². The van der Waals surface area contributed by atoms with E-state index in [1.807, 2.05) is 48.5 Å². The number of ether oxygens (including phenoxy) is 1. The van der Waals surface area contributed by atoms with Crippen molar-refractivity contribution in [1.82, 2.24) is 15.5 Å². The van der Waals surface area contributed by atoms with Gasteiger partial charge in [0.25, 0.3) is 0 Å². The van der Waals surface area contributed by atoms with E-state index in [1.54, 1.807) is 6.92 Å². The summed E-state index contributed by atoms with van der Waals surface area (Å²) in [6, 6.07) is 16.8. The third kappa shape index (κ3) is 7.58. The zero-order chi connectivity index (χ0) is 21.1. The van der Waals surface area contributed by atoms with Gasteiger partial charge in [-0.15, -0.1) is 0 Å². The van der Waals surface area contributed by atoms with Crippen LogP contribution in [0, 0.1) is 0 Å². The van der Waals surface area contributed by atoms with Gasteiger partial charge in [0.1, 0.15) is 12.6 Å². The Labute approximate surface area is 173 Å². The topological polar surface area (TPSA) is 70.7 Å². The molecule has 29 heavy (non-hydrogen) atoms. The summed E-state index contributed by atoms with van der Waals surface area (Å²) in [5, 5.41) is 5.47. The van der Waals surface area contributed by atoms with Gasteiger partial charge in [-0.25, -0.2) is 4.79 Å². The summed E-state index contributed by atoms with van der Waals surface area (Å²) in [5.41, 5.74) is 3.16. The zero-order valence-corrected chi connectivity index (χ0v) is 17.5. The Morgan fingerprint density at radius 3 is 2.24 bits per heavy atom. The predicted molar refractivity (Wildman–Crippen MR) is 114 cm³/mol. The summed E-state index contributed by atoms with van der Waals surface area (Å²) >= 11 is 0. The summed E-state index contributed by atoms with van der Waals surface area (Å²) < 4.78 is 5.16. The highest BCUT2D eigenvalue weighted by Gasteiger charge is 2.16. The molecule has 0 aliphatic heterocycles. The first-order chi connectivity index (χ1) is 14.0. The molecule has 0 saturated heterocycles. The van der Waals surface area contributed by atoms with Gasteiger partial charge in [0.05, 0.1) is 0 Å². The number of carbonyl (C=O) groups excluding carboxylic acids is 2. The minimum absolute atomic E-state index is 0.166. The molecular weight excluding hydrogens is 366 g/mol. The fourth-order valence-electron chi connectivity index (χ4n) is 2.91. The van der Waals surface area contributed by atoms with Crippen LogP contribution in [0.3, 0.4) is 0 Å². The monoisotopic (exact) mass is 397 g/mol. The van der Waals surface area contributed by atoms with E-state index >= 15 is 0 Å². The molecule has 2 aromatic rings. The molecule has 0 aliphatic rings. The number of alkyl carbamates (subject to hydrolysis) is 1. The van der Waals surface area contributed by atoms with Crippen molar-refractivity contribution in [2.24, 2.45) is 0 Å². The van der Waals surface area contributed by atoms with Crippen molar-refractivity contribution in [2.45, 2.75) is 46.5 Å². The van der Waals surface area contributed by atoms with Gasteiger partial charge in [0.15, 0.2) is 0 Å². The Hall–Kier alpha value is -2.86. The standard InChI is InChI=1S/C23H31N3O3/c1-4-26(5-2)16-21-14-10-9-13-20(21)15-24-22(27)18(3)25-23(28)29-17-19-11-7-6-8-12-19/h6-14,18H,4-5,15-17H2,1-3H3,(H,24,27)(H,25,28)/t18-/m0/s1. The lowest BCUT2D eigenvalue weighted by atomic mass is 10.1. The molecular formula is C23H31N3O3. The van der Waals surface area contributed by atoms with Gasteiger partial charge in [0, 0.05) is 13.1 Å². The van der Waals surface area contributed by atoms with Crippen molar-refractivity contribution in [3.63, 3.8) is 0 Å². The molecule has 156 valence electrons. The number of benzene rings is 2. The van der Waals surface area contributed by atoms with E-state index in [-0.39, 0.29) is 12.5 Å². The van der Waals surface area contributed by atoms with Crippen LogP contribution in [0.5, 0.6) is 0 Å². The third-order valence-electron chi connectivity index (χ3n) is 4.80. The Balaban J connectivity index is 1.81. The van der Waals surface area contributed by atoms with E-state index in [0.717, 1.165) is 30.8 Å². The summed E-state index contributed by atoms with van der Waals surface area (Å²) in [4.78, 5) is 26.6. The molecule has 0 heterocycles. The largest absolute Gasteiger partial charge is 0.445 e. The number of amides is 2. The van der Waals surface area contributed by atoms with Crippen LogP contribution in [0.25, 0.3) is 0 Å². The first kappa shape index (κ1) is 22.4. The van der Waals surface area contributed by atoms with Crippen LogP contribution in [-0.2, 0) is 29.2 Å². The molecule has 2 amide bonds. The molecule has 0 aromatic heterocycles. The van der Waals surface area contributed by atoms with Gasteiger partial charge in [-0.2, -0.15) is 0 Å². The maximum Gasteiger partial charge on any atom is 0.408 e. The second-order valence-electron chi connectivity index (χ2n) is 6.88. The highest BCUT2D eigenvalue weighted by atomic mass is 16.5. The minimum atomic E-state index is -0.687. The van der Waals surface area contributed by atoms with E-state index in [0.29, 0.717) is 6.54 Å². The number of hydrogen-bond acceptors (Lipinski definition) is 4. The molecule has 6 heteroatoms. The number of nitrogens with zero attached hydrogens (tertiary/aromatic N) is 1. The fourth-order valence-corrected chi connectivity index (χ4v) is 2.91. The molecule has 2 aromatic carbocycles. The summed E-state index contributed by atoms with van der Waals surface area (Å²) in [7, 11) is 0. The second kappa shape index (κ2) is 11.9. The van der Waals surface area contributed by atoms with Crippen molar-refractivity contribution < 1.29 is 14.3 Å². The Bertz CT molecular complexity index is 776. The van der Waals surface area contributed by atoms with Gasteiger partial charge < -0.3 is 15.4 Å². The highest BCUT2D eigenvalue weighted by Crippen LogP contribution is 2.12. The van der Waals surface area contributed by atoms with Crippen LogP contribution >= 0.6 is 0 Å². The van der Waals surface area contributed by atoms with Crippen LogP contribution < -0.4 is 10.6 Å². The molecule has 2 rings (SSSR count). The van der Waals surface area contributed by atoms with Gasteiger partial charge in [-0.1, -0.05) is 68.4 Å². The van der Waals surface area contributed by atoms with Crippen LogP contribution in [0.4, 0.5) is 4.79 Å². The Kier molecular flexibility index (Phi) is 9.18. The molecule has 0 spiro atoms. The van der Waals surface area contributed by atoms with Crippen LogP contribution in [0.2, 0.25) is 0 Å². The van der Waals surface area contributed by atoms with E-state index in [2.05, 4.69) is 35.4 Å². The lowest BCUT2D eigenvalue weighted by Gasteiger charge is -2.20. The summed E-state index contributed by atoms with van der Waals surface area (Å²) in [6.45, 7) is 9.30. The quantitative estimate of drug-likeness (QED) is 0.644. The maximum absolute atomic E-state index is 12.4. The number of carbonyl (C=O) groups is 2. The predicted octanol–water partition coefficient (Wildman–Crippen LogP) is 3.46. The fraction of sp³-hybridized carbons (Fsp3) is 0.391. The molecule has 0 bridgehead atoms. The normalized spacial score (nSPS) is 11.7. The molecule has 0 fully saturated rings. The highest BCUT2D eigenvalue weighted by molar-refractivity contribution is 5.85. The van der Waals surface area contributed by atoms with Crippen LogP contribution in [0.1, 0.15) is 37.5 Å². The van der Waals surface area contributed by atoms with Crippen LogP contribution in [-0.4, -0.2) is 36.0 Å². The first-order valence-electron chi connectivity index (χ1n) is 10.1. The molecule has 6 nitrogen and oxygen atoms in total. The zero-order valence-electron chi connectivity index (χ0n) is 17.5. The van der Waals surface area contributed by atoms with E-state index < -0.39 is 12.1 Å². The first-order valence-corrected chi connectivity index (χ1v) is 10.1. The summed E-state index contributed by atoms with van der Waals surface area (Å²) in [6.07, 6.45) is -0.613. The Morgan fingerprint density at radius 2 is 1.59 bits per heavy atom. The Morgan fingerprint density at radius 1 is 0.966 bits per heavy atom. The molecule has 1 atom stereocenters.